The molecule has 0 radical (unpaired) electrons. The van der Waals surface area contributed by atoms with Gasteiger partial charge in [0.15, 0.2) is 9.84 Å². The predicted molar refractivity (Wildman–Crippen MR) is 155 cm³/mol. The first-order valence-electron chi connectivity index (χ1n) is 13.9. The zero-order chi connectivity index (χ0) is 28.9. The fraction of sp³-hybridized carbons (Fsp3) is 0.355. The second-order valence-corrected chi connectivity index (χ2v) is 13.0. The largest absolute Gasteiger partial charge is 0.491 e. The third-order valence-electron chi connectivity index (χ3n) is 8.02. The number of hydrogen-bond acceptors (Lipinski definition) is 6. The third kappa shape index (κ3) is 5.46. The van der Waals surface area contributed by atoms with E-state index in [0.29, 0.717) is 31.5 Å². The Hall–Kier alpha value is -3.76. The Balaban J connectivity index is 1.26. The van der Waals surface area contributed by atoms with Crippen LogP contribution in [0.3, 0.4) is 0 Å². The van der Waals surface area contributed by atoms with Crippen molar-refractivity contribution in [1.82, 2.24) is 20.2 Å². The number of rotatable bonds is 7. The topological polar surface area (TPSA) is 104 Å². The van der Waals surface area contributed by atoms with Crippen molar-refractivity contribution in [3.63, 3.8) is 0 Å². The summed E-state index contributed by atoms with van der Waals surface area (Å²) in [6.45, 7) is 5.54. The monoisotopic (exact) mass is 576 g/mol. The van der Waals surface area contributed by atoms with Crippen LogP contribution in [0.4, 0.5) is 4.39 Å². The lowest BCUT2D eigenvalue weighted by Gasteiger charge is -2.22. The number of carbonyl (C=O) groups excluding carboxylic acids is 1. The van der Waals surface area contributed by atoms with Gasteiger partial charge in [0.2, 0.25) is 0 Å². The molecular formula is C31H33FN4O4S. The molecule has 2 atom stereocenters. The minimum Gasteiger partial charge on any atom is -0.491 e. The van der Waals surface area contributed by atoms with Crippen molar-refractivity contribution in [2.24, 2.45) is 5.92 Å². The van der Waals surface area contributed by atoms with Gasteiger partial charge in [0, 0.05) is 35.5 Å². The quantitative estimate of drug-likeness (QED) is 0.326. The summed E-state index contributed by atoms with van der Waals surface area (Å²) in [7, 11) is -3.76. The molecule has 3 aromatic carbocycles. The molecule has 1 amide bonds. The van der Waals surface area contributed by atoms with Crippen LogP contribution in [-0.2, 0) is 29.3 Å². The molecule has 214 valence electrons. The lowest BCUT2D eigenvalue weighted by Crippen LogP contribution is -2.33. The van der Waals surface area contributed by atoms with Gasteiger partial charge in [0.25, 0.3) is 5.91 Å². The number of ether oxygens (including phenoxy) is 1. The summed E-state index contributed by atoms with van der Waals surface area (Å²) in [5.41, 5.74) is 4.96. The highest BCUT2D eigenvalue weighted by Gasteiger charge is 2.32. The van der Waals surface area contributed by atoms with E-state index in [1.165, 1.54) is 18.6 Å². The second-order valence-electron chi connectivity index (χ2n) is 11.0. The summed E-state index contributed by atoms with van der Waals surface area (Å²) in [5.74, 6) is 1.12. The van der Waals surface area contributed by atoms with Gasteiger partial charge in [-0.1, -0.05) is 26.0 Å². The van der Waals surface area contributed by atoms with Crippen LogP contribution < -0.4 is 10.1 Å². The Kier molecular flexibility index (Phi) is 7.07. The van der Waals surface area contributed by atoms with Gasteiger partial charge in [-0.15, -0.1) is 0 Å². The normalized spacial score (nSPS) is 18.6. The molecule has 4 aromatic rings. The Bertz CT molecular complexity index is 1770. The molecule has 0 bridgehead atoms. The fourth-order valence-electron chi connectivity index (χ4n) is 5.51. The van der Waals surface area contributed by atoms with Gasteiger partial charge in [-0.3, -0.25) is 4.79 Å². The molecule has 2 unspecified atom stereocenters. The number of nitrogens with zero attached hydrogens (tertiary/aromatic N) is 2. The number of carbonyl (C=O) groups is 1. The predicted octanol–water partition coefficient (Wildman–Crippen LogP) is 4.87. The van der Waals surface area contributed by atoms with Crippen LogP contribution in [0, 0.1) is 11.7 Å². The van der Waals surface area contributed by atoms with Crippen LogP contribution >= 0.6 is 0 Å². The van der Waals surface area contributed by atoms with Crippen LogP contribution in [-0.4, -0.2) is 54.6 Å². The molecule has 2 heterocycles. The first kappa shape index (κ1) is 27.4. The van der Waals surface area contributed by atoms with E-state index >= 15 is 4.39 Å². The number of fused-ring (bicyclic) bond motifs is 2. The average Bonchev–Trinajstić information content (AvgIpc) is 3.57. The van der Waals surface area contributed by atoms with Gasteiger partial charge in [0.05, 0.1) is 24.1 Å². The molecule has 10 heteroatoms. The Morgan fingerprint density at radius 1 is 1.17 bits per heavy atom. The molecular weight excluding hydrogens is 543 g/mol. The van der Waals surface area contributed by atoms with E-state index in [-0.39, 0.29) is 30.0 Å². The maximum atomic E-state index is 15.1. The lowest BCUT2D eigenvalue weighted by molar-refractivity contribution is 0.0731. The maximum Gasteiger partial charge on any atom is 0.254 e. The summed E-state index contributed by atoms with van der Waals surface area (Å²) in [4.78, 5) is 23.0. The van der Waals surface area contributed by atoms with E-state index in [4.69, 9.17) is 9.72 Å². The summed E-state index contributed by atoms with van der Waals surface area (Å²) >= 11 is 0. The molecule has 1 aliphatic carbocycles. The van der Waals surface area contributed by atoms with Crippen LogP contribution in [0.15, 0.2) is 53.4 Å². The molecule has 8 nitrogen and oxygen atoms in total. The van der Waals surface area contributed by atoms with Crippen molar-refractivity contribution >= 4 is 26.8 Å². The molecule has 2 aliphatic rings. The number of imidazole rings is 1. The van der Waals surface area contributed by atoms with Gasteiger partial charge in [0.1, 0.15) is 28.9 Å². The highest BCUT2D eigenvalue weighted by Crippen LogP contribution is 2.32. The summed E-state index contributed by atoms with van der Waals surface area (Å²) in [5, 5.41) is 3.53. The van der Waals surface area contributed by atoms with Crippen LogP contribution in [0.5, 0.6) is 5.75 Å². The Morgan fingerprint density at radius 3 is 2.66 bits per heavy atom. The van der Waals surface area contributed by atoms with Crippen molar-refractivity contribution in [3.8, 4) is 16.9 Å². The molecule has 1 saturated carbocycles. The van der Waals surface area contributed by atoms with Crippen LogP contribution in [0.25, 0.3) is 22.2 Å². The van der Waals surface area contributed by atoms with E-state index in [9.17, 15) is 13.2 Å². The van der Waals surface area contributed by atoms with E-state index in [0.717, 1.165) is 45.7 Å². The SMILES string of the molecule is CCc1c(C(=O)N2CCOc3ccc(-c4ccc5nc(CNC6CC6C)[nH]c5c4)cc3C2)ccc(S(C)(=O)=O)c1F. The molecule has 1 aliphatic heterocycles. The summed E-state index contributed by atoms with van der Waals surface area (Å²) in [6, 6.07) is 15.2. The van der Waals surface area contributed by atoms with Crippen molar-refractivity contribution in [1.29, 1.82) is 0 Å². The summed E-state index contributed by atoms with van der Waals surface area (Å²) in [6.07, 6.45) is 2.36. The minimum atomic E-state index is -3.76. The number of H-pyrrole nitrogens is 1. The minimum absolute atomic E-state index is 0.103. The van der Waals surface area contributed by atoms with Crippen molar-refractivity contribution < 1.29 is 22.3 Å². The molecule has 41 heavy (non-hydrogen) atoms. The van der Waals surface area contributed by atoms with Crippen LogP contribution in [0.2, 0.25) is 0 Å². The van der Waals surface area contributed by atoms with E-state index in [1.807, 2.05) is 30.3 Å². The molecule has 6 rings (SSSR count). The van der Waals surface area contributed by atoms with Crippen LogP contribution in [0.1, 0.15) is 47.6 Å². The molecule has 2 N–H and O–H groups in total. The number of nitrogens with one attached hydrogen (secondary N) is 2. The number of aromatic nitrogens is 2. The fourth-order valence-corrected chi connectivity index (χ4v) is 6.27. The van der Waals surface area contributed by atoms with Crippen molar-refractivity contribution in [2.75, 3.05) is 19.4 Å². The van der Waals surface area contributed by atoms with Gasteiger partial charge in [-0.2, -0.15) is 0 Å². The molecule has 1 fully saturated rings. The number of sulfone groups is 1. The van der Waals surface area contributed by atoms with Gasteiger partial charge in [-0.05, 0) is 66.3 Å². The zero-order valence-electron chi connectivity index (χ0n) is 23.3. The maximum absolute atomic E-state index is 15.1. The smallest absolute Gasteiger partial charge is 0.254 e. The Morgan fingerprint density at radius 2 is 1.93 bits per heavy atom. The molecule has 1 aromatic heterocycles. The highest BCUT2D eigenvalue weighted by atomic mass is 32.2. The molecule has 0 saturated heterocycles. The van der Waals surface area contributed by atoms with Crippen molar-refractivity contribution in [2.45, 2.75) is 50.7 Å². The number of benzene rings is 3. The highest BCUT2D eigenvalue weighted by molar-refractivity contribution is 7.90. The molecule has 0 spiro atoms. The standard InChI is InChI=1S/C31H33FN4O4S/c1-4-22-23(7-10-28(30(22)32)41(3,38)39)31(37)36-11-12-40-27-9-6-19(14-21(27)17-36)20-5-8-24-26(15-20)35-29(34-24)16-33-25-13-18(25)2/h5-10,14-15,18,25,33H,4,11-13,16-17H2,1-3H3,(H,34,35). The number of hydrogen-bond donors (Lipinski definition) is 2. The second kappa shape index (κ2) is 10.6. The van der Waals surface area contributed by atoms with E-state index in [1.54, 1.807) is 11.8 Å². The van der Waals surface area contributed by atoms with E-state index in [2.05, 4.69) is 23.3 Å². The third-order valence-corrected chi connectivity index (χ3v) is 9.14. The van der Waals surface area contributed by atoms with Crippen molar-refractivity contribution in [3.05, 3.63) is 76.9 Å². The van der Waals surface area contributed by atoms with Gasteiger partial charge >= 0.3 is 0 Å². The first-order chi connectivity index (χ1) is 19.6. The Labute approximate surface area is 238 Å². The zero-order valence-corrected chi connectivity index (χ0v) is 24.1. The van der Waals surface area contributed by atoms with Gasteiger partial charge < -0.3 is 19.9 Å². The number of halogens is 1. The number of aromatic amines is 1. The summed E-state index contributed by atoms with van der Waals surface area (Å²) < 4.78 is 45.1. The van der Waals surface area contributed by atoms with E-state index < -0.39 is 20.5 Å². The number of amides is 1. The lowest BCUT2D eigenvalue weighted by atomic mass is 10.0. The van der Waals surface area contributed by atoms with Gasteiger partial charge in [-0.25, -0.2) is 17.8 Å². The first-order valence-corrected chi connectivity index (χ1v) is 15.8. The average molecular weight is 577 g/mol.